The number of halogens is 3. The van der Waals surface area contributed by atoms with Gasteiger partial charge >= 0.3 is 6.18 Å². The first-order valence-corrected chi connectivity index (χ1v) is 11.2. The van der Waals surface area contributed by atoms with E-state index in [0.717, 1.165) is 19.3 Å². The zero-order chi connectivity index (χ0) is 23.4. The number of rotatable bonds is 6. The normalized spacial score (nSPS) is 18.7. The van der Waals surface area contributed by atoms with Gasteiger partial charge in [0.15, 0.2) is 11.3 Å². The molecule has 2 heterocycles. The highest BCUT2D eigenvalue weighted by atomic mass is 19.4. The second kappa shape index (κ2) is 7.83. The number of benzene rings is 1. The summed E-state index contributed by atoms with van der Waals surface area (Å²) < 4.78 is 42.9. The molecule has 0 spiro atoms. The summed E-state index contributed by atoms with van der Waals surface area (Å²) in [6.07, 6.45) is -0.854. The summed E-state index contributed by atoms with van der Waals surface area (Å²) >= 11 is 0. The fourth-order valence-corrected chi connectivity index (χ4v) is 4.43. The minimum Gasteiger partial charge on any atom is -0.385 e. The maximum atomic E-state index is 13.8. The molecule has 2 N–H and O–H groups in total. The monoisotopic (exact) mass is 458 g/mol. The van der Waals surface area contributed by atoms with Crippen molar-refractivity contribution in [3.05, 3.63) is 53.2 Å². The molecule has 33 heavy (non-hydrogen) atoms. The second-order valence-electron chi connectivity index (χ2n) is 9.30. The molecular formula is C24H25F3N4O2. The topological polar surface area (TPSA) is 80.0 Å². The Balaban J connectivity index is 1.50. The van der Waals surface area contributed by atoms with Crippen LogP contribution < -0.4 is 5.32 Å². The SMILES string of the molecule is CC(O)(CC(=O)Nc1nc2cc(C3CC3)c(C(F)(F)F)nc2n1C1CCC1)c1ccccc1. The van der Waals surface area contributed by atoms with Gasteiger partial charge in [-0.2, -0.15) is 13.2 Å². The van der Waals surface area contributed by atoms with Crippen molar-refractivity contribution in [2.45, 2.75) is 69.2 Å². The van der Waals surface area contributed by atoms with E-state index in [0.29, 0.717) is 23.9 Å². The number of anilines is 1. The number of fused-ring (bicyclic) bond motifs is 1. The molecule has 174 valence electrons. The number of nitrogens with one attached hydrogen (secondary N) is 1. The van der Waals surface area contributed by atoms with Crippen molar-refractivity contribution >= 4 is 23.0 Å². The summed E-state index contributed by atoms with van der Waals surface area (Å²) in [5, 5.41) is 13.5. The molecule has 2 aliphatic carbocycles. The Morgan fingerprint density at radius 3 is 2.42 bits per heavy atom. The summed E-state index contributed by atoms with van der Waals surface area (Å²) in [5.74, 6) is -0.443. The van der Waals surface area contributed by atoms with Crippen molar-refractivity contribution in [3.63, 3.8) is 0 Å². The van der Waals surface area contributed by atoms with Crippen LogP contribution >= 0.6 is 0 Å². The molecule has 9 heteroatoms. The van der Waals surface area contributed by atoms with Gasteiger partial charge in [-0.15, -0.1) is 0 Å². The number of nitrogens with zero attached hydrogens (tertiary/aromatic N) is 3. The van der Waals surface area contributed by atoms with Crippen molar-refractivity contribution in [3.8, 4) is 0 Å². The van der Waals surface area contributed by atoms with Crippen molar-refractivity contribution < 1.29 is 23.1 Å². The van der Waals surface area contributed by atoms with Crippen molar-refractivity contribution in [2.75, 3.05) is 5.32 Å². The minimum absolute atomic E-state index is 0.0692. The van der Waals surface area contributed by atoms with Crippen LogP contribution in [-0.4, -0.2) is 25.5 Å². The van der Waals surface area contributed by atoms with E-state index in [2.05, 4.69) is 15.3 Å². The Morgan fingerprint density at radius 2 is 1.85 bits per heavy atom. The van der Waals surface area contributed by atoms with Crippen LogP contribution in [0.2, 0.25) is 0 Å². The molecule has 0 bridgehead atoms. The molecule has 1 aromatic carbocycles. The minimum atomic E-state index is -4.56. The van der Waals surface area contributed by atoms with E-state index in [1.165, 1.54) is 6.07 Å². The molecule has 0 radical (unpaired) electrons. The Bertz CT molecular complexity index is 1200. The molecule has 0 aliphatic heterocycles. The number of carbonyl (C=O) groups excluding carboxylic acids is 1. The fraction of sp³-hybridized carbons (Fsp3) is 0.458. The number of carbonyl (C=O) groups is 1. The highest BCUT2D eigenvalue weighted by Gasteiger charge is 2.41. The maximum absolute atomic E-state index is 13.8. The van der Waals surface area contributed by atoms with Gasteiger partial charge in [-0.1, -0.05) is 30.3 Å². The number of hydrogen-bond acceptors (Lipinski definition) is 4. The third kappa shape index (κ3) is 4.21. The standard InChI is InChI=1S/C24H25F3N4O2/c1-23(33,15-6-3-2-4-7-15)13-19(32)29-22-28-18-12-17(14-10-11-14)20(24(25,26)27)30-21(18)31(22)16-8-5-9-16/h2-4,6-7,12,14,16,33H,5,8-11,13H2,1H3,(H,28,29,32). The first-order chi connectivity index (χ1) is 15.6. The van der Waals surface area contributed by atoms with Crippen LogP contribution in [0.1, 0.15) is 74.2 Å². The Morgan fingerprint density at radius 1 is 1.15 bits per heavy atom. The smallest absolute Gasteiger partial charge is 0.385 e. The van der Waals surface area contributed by atoms with E-state index < -0.39 is 23.4 Å². The van der Waals surface area contributed by atoms with Crippen molar-refractivity contribution in [1.29, 1.82) is 0 Å². The molecule has 1 amide bonds. The Kier molecular flexibility index (Phi) is 5.19. The molecule has 6 nitrogen and oxygen atoms in total. The molecule has 2 aliphatic rings. The lowest BCUT2D eigenvalue weighted by Crippen LogP contribution is -2.30. The lowest BCUT2D eigenvalue weighted by atomic mass is 9.92. The first-order valence-electron chi connectivity index (χ1n) is 11.2. The Labute approximate surface area is 188 Å². The summed E-state index contributed by atoms with van der Waals surface area (Å²) in [6.45, 7) is 1.55. The molecule has 1 unspecified atom stereocenters. The fourth-order valence-electron chi connectivity index (χ4n) is 4.43. The molecule has 2 aromatic heterocycles. The van der Waals surface area contributed by atoms with Crippen LogP contribution in [0.25, 0.3) is 11.2 Å². The van der Waals surface area contributed by atoms with Crippen molar-refractivity contribution in [2.24, 2.45) is 0 Å². The van der Waals surface area contributed by atoms with Gasteiger partial charge in [0.1, 0.15) is 5.52 Å². The number of hydrogen-bond donors (Lipinski definition) is 2. The molecule has 3 aromatic rings. The van der Waals surface area contributed by atoms with Crippen LogP contribution in [-0.2, 0) is 16.6 Å². The van der Waals surface area contributed by atoms with Gasteiger partial charge in [-0.25, -0.2) is 9.97 Å². The highest BCUT2D eigenvalue weighted by Crippen LogP contribution is 2.47. The van der Waals surface area contributed by atoms with Gasteiger partial charge in [0.2, 0.25) is 11.9 Å². The van der Waals surface area contributed by atoms with E-state index in [4.69, 9.17) is 0 Å². The van der Waals surface area contributed by atoms with Gasteiger partial charge in [-0.05, 0) is 62.1 Å². The maximum Gasteiger partial charge on any atom is 0.433 e. The number of imidazole rings is 1. The Hall–Kier alpha value is -2.94. The zero-order valence-electron chi connectivity index (χ0n) is 18.2. The lowest BCUT2D eigenvalue weighted by Gasteiger charge is -2.29. The van der Waals surface area contributed by atoms with Gasteiger partial charge in [0.05, 0.1) is 12.0 Å². The first kappa shape index (κ1) is 21.9. The number of aromatic nitrogens is 3. The van der Waals surface area contributed by atoms with Crippen molar-refractivity contribution in [1.82, 2.24) is 14.5 Å². The third-order valence-electron chi connectivity index (χ3n) is 6.57. The number of aliphatic hydroxyl groups is 1. The lowest BCUT2D eigenvalue weighted by molar-refractivity contribution is -0.141. The molecule has 2 saturated carbocycles. The quantitative estimate of drug-likeness (QED) is 0.526. The van der Waals surface area contributed by atoms with Crippen LogP contribution in [0.5, 0.6) is 0 Å². The van der Waals surface area contributed by atoms with Crippen LogP contribution in [0.3, 0.4) is 0 Å². The van der Waals surface area contributed by atoms with Gasteiger partial charge < -0.3 is 5.11 Å². The highest BCUT2D eigenvalue weighted by molar-refractivity contribution is 5.92. The van der Waals surface area contributed by atoms with E-state index in [1.807, 2.05) is 6.07 Å². The second-order valence-corrected chi connectivity index (χ2v) is 9.30. The zero-order valence-corrected chi connectivity index (χ0v) is 18.2. The summed E-state index contributed by atoms with van der Waals surface area (Å²) in [4.78, 5) is 21.4. The van der Waals surface area contributed by atoms with E-state index in [-0.39, 0.29) is 35.5 Å². The van der Waals surface area contributed by atoms with Crippen LogP contribution in [0.4, 0.5) is 19.1 Å². The summed E-state index contributed by atoms with van der Waals surface area (Å²) in [5.41, 5.74) is -0.998. The van der Waals surface area contributed by atoms with E-state index in [9.17, 15) is 23.1 Å². The number of alkyl halides is 3. The van der Waals surface area contributed by atoms with E-state index in [1.54, 1.807) is 35.8 Å². The van der Waals surface area contributed by atoms with Gasteiger partial charge in [0.25, 0.3) is 0 Å². The molecule has 5 rings (SSSR count). The average Bonchev–Trinajstić information content (AvgIpc) is 3.50. The molecule has 0 saturated heterocycles. The van der Waals surface area contributed by atoms with Crippen LogP contribution in [0.15, 0.2) is 36.4 Å². The predicted octanol–water partition coefficient (Wildman–Crippen LogP) is 5.29. The number of pyridine rings is 1. The predicted molar refractivity (Wildman–Crippen MR) is 117 cm³/mol. The average molecular weight is 458 g/mol. The van der Waals surface area contributed by atoms with E-state index >= 15 is 0 Å². The van der Waals surface area contributed by atoms with Crippen LogP contribution in [0, 0.1) is 0 Å². The molecular weight excluding hydrogens is 433 g/mol. The van der Waals surface area contributed by atoms with Gasteiger partial charge in [0, 0.05) is 6.04 Å². The third-order valence-corrected chi connectivity index (χ3v) is 6.57. The summed E-state index contributed by atoms with van der Waals surface area (Å²) in [6, 6.07) is 10.3. The largest absolute Gasteiger partial charge is 0.433 e. The summed E-state index contributed by atoms with van der Waals surface area (Å²) in [7, 11) is 0. The molecule has 2 fully saturated rings. The van der Waals surface area contributed by atoms with Gasteiger partial charge in [-0.3, -0.25) is 14.7 Å². The molecule has 1 atom stereocenters. The number of amides is 1.